The van der Waals surface area contributed by atoms with Crippen molar-refractivity contribution in [2.45, 2.75) is 59.4 Å². The molecule has 0 spiro atoms. The SMILES string of the molecule is CCCCOC(=O)N(C)C(C)C(=O)OCCCC(C)C. The molecular formula is C15H29NO4. The fraction of sp³-hybridized carbons (Fsp3) is 0.867. The molecule has 0 aliphatic carbocycles. The van der Waals surface area contributed by atoms with Gasteiger partial charge in [-0.15, -0.1) is 0 Å². The van der Waals surface area contributed by atoms with Crippen molar-refractivity contribution in [3.63, 3.8) is 0 Å². The Morgan fingerprint density at radius 3 is 2.20 bits per heavy atom. The molecule has 0 fully saturated rings. The third-order valence-corrected chi connectivity index (χ3v) is 3.10. The number of unbranched alkanes of at least 4 members (excludes halogenated alkanes) is 1. The van der Waals surface area contributed by atoms with Crippen LogP contribution in [-0.2, 0) is 14.3 Å². The Balaban J connectivity index is 3.99. The van der Waals surface area contributed by atoms with Crippen molar-refractivity contribution >= 4 is 12.1 Å². The van der Waals surface area contributed by atoms with Gasteiger partial charge in [-0.1, -0.05) is 27.2 Å². The van der Waals surface area contributed by atoms with E-state index < -0.39 is 12.1 Å². The smallest absolute Gasteiger partial charge is 0.410 e. The zero-order valence-electron chi connectivity index (χ0n) is 13.5. The van der Waals surface area contributed by atoms with Gasteiger partial charge in [-0.05, 0) is 32.1 Å². The number of amides is 1. The maximum Gasteiger partial charge on any atom is 0.410 e. The largest absolute Gasteiger partial charge is 0.464 e. The maximum absolute atomic E-state index is 11.8. The first-order valence-corrected chi connectivity index (χ1v) is 7.46. The van der Waals surface area contributed by atoms with Crippen LogP contribution in [0, 0.1) is 5.92 Å². The summed E-state index contributed by atoms with van der Waals surface area (Å²) in [6.45, 7) is 8.71. The van der Waals surface area contributed by atoms with Gasteiger partial charge in [0.2, 0.25) is 0 Å². The Morgan fingerprint density at radius 1 is 1.05 bits per heavy atom. The van der Waals surface area contributed by atoms with Crippen molar-refractivity contribution in [2.75, 3.05) is 20.3 Å². The number of ether oxygens (including phenoxy) is 2. The predicted octanol–water partition coefficient (Wildman–Crippen LogP) is 3.22. The highest BCUT2D eigenvalue weighted by Gasteiger charge is 2.24. The van der Waals surface area contributed by atoms with Gasteiger partial charge in [0.1, 0.15) is 6.04 Å². The Bertz CT molecular complexity index is 292. The third kappa shape index (κ3) is 8.02. The molecule has 5 nitrogen and oxygen atoms in total. The van der Waals surface area contributed by atoms with Gasteiger partial charge in [0.25, 0.3) is 0 Å². The quantitative estimate of drug-likeness (QED) is 0.482. The fourth-order valence-electron chi connectivity index (χ4n) is 1.51. The van der Waals surface area contributed by atoms with Crippen molar-refractivity contribution in [1.82, 2.24) is 4.90 Å². The summed E-state index contributed by atoms with van der Waals surface area (Å²) < 4.78 is 10.2. The molecule has 1 atom stereocenters. The molecule has 0 heterocycles. The van der Waals surface area contributed by atoms with Gasteiger partial charge in [-0.2, -0.15) is 0 Å². The molecule has 0 aromatic carbocycles. The number of esters is 1. The van der Waals surface area contributed by atoms with Gasteiger partial charge in [-0.25, -0.2) is 9.59 Å². The summed E-state index contributed by atoms with van der Waals surface area (Å²) >= 11 is 0. The van der Waals surface area contributed by atoms with Gasteiger partial charge in [-0.3, -0.25) is 4.90 Å². The molecular weight excluding hydrogens is 258 g/mol. The molecule has 0 aromatic heterocycles. The summed E-state index contributed by atoms with van der Waals surface area (Å²) in [4.78, 5) is 24.7. The van der Waals surface area contributed by atoms with Crippen molar-refractivity contribution in [1.29, 1.82) is 0 Å². The molecule has 0 aromatic rings. The average Bonchev–Trinajstić information content (AvgIpc) is 2.41. The van der Waals surface area contributed by atoms with Crippen LogP contribution in [0.4, 0.5) is 4.79 Å². The standard InChI is InChI=1S/C15H29NO4/c1-6-7-10-20-15(18)16(5)13(4)14(17)19-11-8-9-12(2)3/h12-13H,6-11H2,1-5H3. The molecule has 0 aliphatic heterocycles. The van der Waals surface area contributed by atoms with E-state index in [1.54, 1.807) is 14.0 Å². The van der Waals surface area contributed by atoms with Crippen molar-refractivity contribution in [2.24, 2.45) is 5.92 Å². The molecule has 20 heavy (non-hydrogen) atoms. The summed E-state index contributed by atoms with van der Waals surface area (Å²) in [6.07, 6.45) is 3.18. The number of rotatable bonds is 9. The Hall–Kier alpha value is -1.26. The second-order valence-electron chi connectivity index (χ2n) is 5.46. The van der Waals surface area contributed by atoms with E-state index in [0.29, 0.717) is 19.1 Å². The van der Waals surface area contributed by atoms with Gasteiger partial charge in [0.05, 0.1) is 13.2 Å². The molecule has 1 unspecified atom stereocenters. The number of hydrogen-bond acceptors (Lipinski definition) is 4. The topological polar surface area (TPSA) is 55.8 Å². The number of carbonyl (C=O) groups is 2. The van der Waals surface area contributed by atoms with E-state index in [9.17, 15) is 9.59 Å². The van der Waals surface area contributed by atoms with Crippen LogP contribution in [0.1, 0.15) is 53.4 Å². The predicted molar refractivity (Wildman–Crippen MR) is 78.5 cm³/mol. The number of carbonyl (C=O) groups excluding carboxylic acids is 2. The second-order valence-corrected chi connectivity index (χ2v) is 5.46. The highest BCUT2D eigenvalue weighted by molar-refractivity contribution is 5.80. The first-order valence-electron chi connectivity index (χ1n) is 7.46. The minimum Gasteiger partial charge on any atom is -0.464 e. The minimum atomic E-state index is -0.622. The fourth-order valence-corrected chi connectivity index (χ4v) is 1.51. The van der Waals surface area contributed by atoms with E-state index in [-0.39, 0.29) is 5.97 Å². The monoisotopic (exact) mass is 287 g/mol. The lowest BCUT2D eigenvalue weighted by atomic mass is 10.1. The molecule has 1 amide bonds. The van der Waals surface area contributed by atoms with Crippen LogP contribution in [0.5, 0.6) is 0 Å². The first kappa shape index (κ1) is 18.7. The molecule has 0 saturated carbocycles. The van der Waals surface area contributed by atoms with E-state index in [4.69, 9.17) is 9.47 Å². The summed E-state index contributed by atoms with van der Waals surface area (Å²) in [5, 5.41) is 0. The molecule has 0 N–H and O–H groups in total. The zero-order chi connectivity index (χ0) is 15.5. The van der Waals surface area contributed by atoms with Gasteiger partial charge in [0, 0.05) is 7.05 Å². The molecule has 0 aliphatic rings. The zero-order valence-corrected chi connectivity index (χ0v) is 13.5. The van der Waals surface area contributed by atoms with E-state index in [1.165, 1.54) is 4.90 Å². The first-order chi connectivity index (χ1) is 9.40. The average molecular weight is 287 g/mol. The second kappa shape index (κ2) is 10.5. The normalized spacial score (nSPS) is 12.1. The lowest BCUT2D eigenvalue weighted by Gasteiger charge is -2.22. The Kier molecular flexibility index (Phi) is 9.86. The summed E-state index contributed by atoms with van der Waals surface area (Å²) in [5.41, 5.74) is 0. The highest BCUT2D eigenvalue weighted by atomic mass is 16.6. The van der Waals surface area contributed by atoms with Crippen LogP contribution < -0.4 is 0 Å². The van der Waals surface area contributed by atoms with Gasteiger partial charge in [0.15, 0.2) is 0 Å². The molecule has 0 radical (unpaired) electrons. The van der Waals surface area contributed by atoms with Crippen LogP contribution in [-0.4, -0.2) is 43.3 Å². The van der Waals surface area contributed by atoms with E-state index in [2.05, 4.69) is 13.8 Å². The van der Waals surface area contributed by atoms with Crippen LogP contribution in [0.3, 0.4) is 0 Å². The van der Waals surface area contributed by atoms with Crippen LogP contribution in [0.15, 0.2) is 0 Å². The highest BCUT2D eigenvalue weighted by Crippen LogP contribution is 2.06. The number of likely N-dealkylation sites (N-methyl/N-ethyl adjacent to an activating group) is 1. The van der Waals surface area contributed by atoms with E-state index in [1.807, 2.05) is 6.92 Å². The molecule has 0 saturated heterocycles. The Labute approximate surface area is 122 Å². The lowest BCUT2D eigenvalue weighted by Crippen LogP contribution is -2.41. The van der Waals surface area contributed by atoms with E-state index >= 15 is 0 Å². The lowest BCUT2D eigenvalue weighted by molar-refractivity contribution is -0.148. The van der Waals surface area contributed by atoms with Gasteiger partial charge >= 0.3 is 12.1 Å². The molecule has 118 valence electrons. The van der Waals surface area contributed by atoms with Crippen LogP contribution >= 0.6 is 0 Å². The summed E-state index contributed by atoms with van der Waals surface area (Å²) in [7, 11) is 1.55. The molecule has 0 bridgehead atoms. The minimum absolute atomic E-state index is 0.385. The maximum atomic E-state index is 11.8. The third-order valence-electron chi connectivity index (χ3n) is 3.10. The summed E-state index contributed by atoms with van der Waals surface area (Å²) in [5.74, 6) is 0.214. The van der Waals surface area contributed by atoms with Crippen molar-refractivity contribution in [3.8, 4) is 0 Å². The van der Waals surface area contributed by atoms with E-state index in [0.717, 1.165) is 25.7 Å². The van der Waals surface area contributed by atoms with Crippen molar-refractivity contribution in [3.05, 3.63) is 0 Å². The number of hydrogen-bond donors (Lipinski definition) is 0. The van der Waals surface area contributed by atoms with Gasteiger partial charge < -0.3 is 9.47 Å². The van der Waals surface area contributed by atoms with Crippen LogP contribution in [0.25, 0.3) is 0 Å². The Morgan fingerprint density at radius 2 is 1.65 bits per heavy atom. The van der Waals surface area contributed by atoms with Crippen LogP contribution in [0.2, 0.25) is 0 Å². The number of nitrogens with zero attached hydrogens (tertiary/aromatic N) is 1. The molecule has 5 heteroatoms. The molecule has 0 rings (SSSR count). The van der Waals surface area contributed by atoms with Crippen molar-refractivity contribution < 1.29 is 19.1 Å². The summed E-state index contributed by atoms with van der Waals surface area (Å²) in [6, 6.07) is -0.622.